The number of hydrogen-bond acceptors (Lipinski definition) is 4. The smallest absolute Gasteiger partial charge is 0.325 e. The summed E-state index contributed by atoms with van der Waals surface area (Å²) in [4.78, 5) is 21.5. The normalized spacial score (nSPS) is 12.1. The molecule has 1 aromatic heterocycles. The van der Waals surface area contributed by atoms with Crippen LogP contribution in [0, 0.1) is 0 Å². The first-order valence-corrected chi connectivity index (χ1v) is 3.50. The quantitative estimate of drug-likeness (QED) is 0.558. The van der Waals surface area contributed by atoms with Gasteiger partial charge in [0.1, 0.15) is 6.04 Å². The molecule has 1 atom stereocenters. The first kappa shape index (κ1) is 9.17. The van der Waals surface area contributed by atoms with Gasteiger partial charge in [-0.05, 0) is 6.92 Å². The van der Waals surface area contributed by atoms with Crippen LogP contribution in [-0.4, -0.2) is 38.4 Å². The van der Waals surface area contributed by atoms with E-state index in [4.69, 9.17) is 5.11 Å². The Morgan fingerprint density at radius 1 is 1.69 bits per heavy atom. The highest BCUT2D eigenvalue weighted by Crippen LogP contribution is 1.90. The van der Waals surface area contributed by atoms with Crippen molar-refractivity contribution in [3.8, 4) is 0 Å². The molecular formula is C6H8N4O3. The van der Waals surface area contributed by atoms with E-state index in [1.807, 2.05) is 0 Å². The highest BCUT2D eigenvalue weighted by molar-refractivity contribution is 5.94. The summed E-state index contributed by atoms with van der Waals surface area (Å²) in [6.45, 7) is 1.36. The minimum atomic E-state index is -1.10. The van der Waals surface area contributed by atoms with E-state index in [2.05, 4.69) is 20.7 Å². The standard InChI is InChI=1S/C6H8N4O3/c1-3(6(12)13)8-5(11)4-2-7-10-9-4/h2-3H,1H3,(H,8,11)(H,12,13)(H,7,9,10)/t3-/m1/s1. The van der Waals surface area contributed by atoms with E-state index in [-0.39, 0.29) is 5.69 Å². The van der Waals surface area contributed by atoms with Gasteiger partial charge in [-0.25, -0.2) is 0 Å². The van der Waals surface area contributed by atoms with Gasteiger partial charge in [-0.15, -0.1) is 0 Å². The summed E-state index contributed by atoms with van der Waals surface area (Å²) in [5.41, 5.74) is 0.0631. The van der Waals surface area contributed by atoms with Crippen LogP contribution in [0.3, 0.4) is 0 Å². The molecule has 1 rings (SSSR count). The summed E-state index contributed by atoms with van der Waals surface area (Å²) in [6.07, 6.45) is 1.21. The van der Waals surface area contributed by atoms with E-state index >= 15 is 0 Å². The second kappa shape index (κ2) is 3.65. The van der Waals surface area contributed by atoms with Gasteiger partial charge in [-0.2, -0.15) is 15.4 Å². The predicted molar refractivity (Wildman–Crippen MR) is 40.9 cm³/mol. The van der Waals surface area contributed by atoms with Gasteiger partial charge in [0, 0.05) is 0 Å². The third-order valence-electron chi connectivity index (χ3n) is 1.37. The Bertz CT molecular complexity index is 308. The molecule has 1 amide bonds. The number of rotatable bonds is 3. The van der Waals surface area contributed by atoms with Crippen molar-refractivity contribution < 1.29 is 14.7 Å². The maximum atomic E-state index is 11.1. The van der Waals surface area contributed by atoms with Crippen molar-refractivity contribution in [3.05, 3.63) is 11.9 Å². The molecule has 0 bridgehead atoms. The molecule has 0 aliphatic heterocycles. The molecule has 70 valence electrons. The van der Waals surface area contributed by atoms with Crippen LogP contribution in [0.1, 0.15) is 17.4 Å². The second-order valence-electron chi connectivity index (χ2n) is 2.39. The molecule has 0 aliphatic carbocycles. The van der Waals surface area contributed by atoms with Gasteiger partial charge in [0.15, 0.2) is 5.69 Å². The fraction of sp³-hybridized carbons (Fsp3) is 0.333. The average molecular weight is 184 g/mol. The lowest BCUT2D eigenvalue weighted by Crippen LogP contribution is -2.38. The lowest BCUT2D eigenvalue weighted by atomic mass is 10.3. The van der Waals surface area contributed by atoms with Crippen LogP contribution in [0.4, 0.5) is 0 Å². The molecule has 0 unspecified atom stereocenters. The zero-order chi connectivity index (χ0) is 9.84. The summed E-state index contributed by atoms with van der Waals surface area (Å²) in [6, 6.07) is -0.941. The van der Waals surface area contributed by atoms with Crippen LogP contribution < -0.4 is 5.32 Å². The Morgan fingerprint density at radius 3 is 2.85 bits per heavy atom. The van der Waals surface area contributed by atoms with E-state index in [9.17, 15) is 9.59 Å². The van der Waals surface area contributed by atoms with Crippen molar-refractivity contribution in [2.75, 3.05) is 0 Å². The van der Waals surface area contributed by atoms with E-state index in [1.165, 1.54) is 13.1 Å². The maximum absolute atomic E-state index is 11.1. The molecule has 7 heteroatoms. The lowest BCUT2D eigenvalue weighted by molar-refractivity contribution is -0.138. The summed E-state index contributed by atoms with van der Waals surface area (Å²) < 4.78 is 0. The van der Waals surface area contributed by atoms with Crippen molar-refractivity contribution in [3.63, 3.8) is 0 Å². The van der Waals surface area contributed by atoms with Crippen molar-refractivity contribution in [1.29, 1.82) is 0 Å². The fourth-order valence-corrected chi connectivity index (χ4v) is 0.643. The van der Waals surface area contributed by atoms with Crippen molar-refractivity contribution in [2.24, 2.45) is 0 Å². The number of nitrogens with one attached hydrogen (secondary N) is 2. The monoisotopic (exact) mass is 184 g/mol. The Kier molecular flexibility index (Phi) is 2.58. The van der Waals surface area contributed by atoms with Gasteiger partial charge < -0.3 is 10.4 Å². The van der Waals surface area contributed by atoms with Gasteiger partial charge in [0.2, 0.25) is 0 Å². The van der Waals surface area contributed by atoms with Crippen LogP contribution in [-0.2, 0) is 4.79 Å². The number of aromatic nitrogens is 3. The number of carboxylic acid groups (broad SMARTS) is 1. The zero-order valence-corrected chi connectivity index (χ0v) is 6.81. The number of nitrogens with zero attached hydrogens (tertiary/aromatic N) is 2. The van der Waals surface area contributed by atoms with E-state index < -0.39 is 17.9 Å². The van der Waals surface area contributed by atoms with Crippen LogP contribution in [0.15, 0.2) is 6.20 Å². The fourth-order valence-electron chi connectivity index (χ4n) is 0.643. The molecule has 3 N–H and O–H groups in total. The van der Waals surface area contributed by atoms with Gasteiger partial charge in [0.05, 0.1) is 6.20 Å². The largest absolute Gasteiger partial charge is 0.480 e. The molecule has 0 aromatic carbocycles. The first-order chi connectivity index (χ1) is 6.11. The number of carbonyl (C=O) groups excluding carboxylic acids is 1. The van der Waals surface area contributed by atoms with Crippen LogP contribution in [0.2, 0.25) is 0 Å². The number of H-pyrrole nitrogens is 1. The third kappa shape index (κ3) is 2.26. The minimum absolute atomic E-state index is 0.0631. The van der Waals surface area contributed by atoms with Gasteiger partial charge in [-0.3, -0.25) is 9.59 Å². The molecule has 1 aromatic rings. The van der Waals surface area contributed by atoms with Crippen LogP contribution >= 0.6 is 0 Å². The Hall–Kier alpha value is -1.92. The average Bonchev–Trinajstić information content (AvgIpc) is 2.55. The zero-order valence-electron chi connectivity index (χ0n) is 6.81. The molecular weight excluding hydrogens is 176 g/mol. The summed E-state index contributed by atoms with van der Waals surface area (Å²) >= 11 is 0. The Balaban J connectivity index is 2.56. The van der Waals surface area contributed by atoms with E-state index in [0.29, 0.717) is 0 Å². The van der Waals surface area contributed by atoms with E-state index in [1.54, 1.807) is 0 Å². The summed E-state index contributed by atoms with van der Waals surface area (Å²) in [5, 5.41) is 19.8. The van der Waals surface area contributed by atoms with E-state index in [0.717, 1.165) is 0 Å². The second-order valence-corrected chi connectivity index (χ2v) is 2.39. The first-order valence-electron chi connectivity index (χ1n) is 3.50. The molecule has 0 spiro atoms. The predicted octanol–water partition coefficient (Wildman–Crippen LogP) is -0.992. The van der Waals surface area contributed by atoms with Gasteiger partial charge >= 0.3 is 5.97 Å². The van der Waals surface area contributed by atoms with Crippen molar-refractivity contribution in [1.82, 2.24) is 20.7 Å². The summed E-state index contributed by atoms with van der Waals surface area (Å²) in [7, 11) is 0. The number of carboxylic acids is 1. The molecule has 0 radical (unpaired) electrons. The number of amides is 1. The number of carbonyl (C=O) groups is 2. The molecule has 7 nitrogen and oxygen atoms in total. The molecule has 0 saturated heterocycles. The van der Waals surface area contributed by atoms with Crippen LogP contribution in [0.5, 0.6) is 0 Å². The van der Waals surface area contributed by atoms with Gasteiger partial charge in [0.25, 0.3) is 5.91 Å². The lowest BCUT2D eigenvalue weighted by Gasteiger charge is -2.06. The Morgan fingerprint density at radius 2 is 2.38 bits per heavy atom. The highest BCUT2D eigenvalue weighted by Gasteiger charge is 2.16. The SMILES string of the molecule is C[C@@H](NC(=O)c1cn[nH]n1)C(=O)O. The van der Waals surface area contributed by atoms with Gasteiger partial charge in [-0.1, -0.05) is 0 Å². The molecule has 1 heterocycles. The highest BCUT2D eigenvalue weighted by atomic mass is 16.4. The molecule has 13 heavy (non-hydrogen) atoms. The van der Waals surface area contributed by atoms with Crippen LogP contribution in [0.25, 0.3) is 0 Å². The number of aromatic amines is 1. The molecule has 0 aliphatic rings. The topological polar surface area (TPSA) is 108 Å². The molecule has 0 saturated carbocycles. The molecule has 0 fully saturated rings. The number of hydrogen-bond donors (Lipinski definition) is 3. The van der Waals surface area contributed by atoms with Crippen molar-refractivity contribution in [2.45, 2.75) is 13.0 Å². The third-order valence-corrected chi connectivity index (χ3v) is 1.37. The number of aliphatic carboxylic acids is 1. The Labute approximate surface area is 73.1 Å². The summed E-state index contributed by atoms with van der Waals surface area (Å²) in [5.74, 6) is -1.67. The minimum Gasteiger partial charge on any atom is -0.480 e. The maximum Gasteiger partial charge on any atom is 0.325 e. The van der Waals surface area contributed by atoms with Crippen molar-refractivity contribution >= 4 is 11.9 Å².